The van der Waals surface area contributed by atoms with E-state index in [1.807, 2.05) is 79.7 Å². The molecule has 6 nitrogen and oxygen atoms in total. The van der Waals surface area contributed by atoms with Crippen LogP contribution in [0.5, 0.6) is 11.5 Å². The number of rotatable bonds is 9. The predicted octanol–water partition coefficient (Wildman–Crippen LogP) is 6.70. The van der Waals surface area contributed by atoms with Crippen molar-refractivity contribution in [1.82, 2.24) is 0 Å². The summed E-state index contributed by atoms with van der Waals surface area (Å²) in [6, 6.07) is 7.63. The lowest BCUT2D eigenvalue weighted by Crippen LogP contribution is -2.24. The molecule has 0 amide bonds. The lowest BCUT2D eigenvalue weighted by Gasteiger charge is -2.23. The Morgan fingerprint density at radius 3 is 1.38 bits per heavy atom. The molecule has 2 rings (SSSR count). The summed E-state index contributed by atoms with van der Waals surface area (Å²) in [7, 11) is 0. The Kier molecular flexibility index (Phi) is 9.81. The molecule has 0 heterocycles. The second-order valence-corrected chi connectivity index (χ2v) is 11.9. The fourth-order valence-electron chi connectivity index (χ4n) is 4.24. The molecule has 0 saturated carbocycles. The van der Waals surface area contributed by atoms with Crippen LogP contribution in [0.15, 0.2) is 24.3 Å². The van der Waals surface area contributed by atoms with Gasteiger partial charge in [0.15, 0.2) is 0 Å². The summed E-state index contributed by atoms with van der Waals surface area (Å²) < 4.78 is 10.9. The zero-order chi connectivity index (χ0) is 28.1. The number of phenols is 2. The van der Waals surface area contributed by atoms with Crippen molar-refractivity contribution in [1.29, 1.82) is 0 Å². The predicted molar refractivity (Wildman–Crippen MR) is 146 cm³/mol. The average molecular weight is 513 g/mol. The van der Waals surface area contributed by atoms with Gasteiger partial charge in [-0.3, -0.25) is 9.59 Å². The van der Waals surface area contributed by atoms with Crippen molar-refractivity contribution >= 4 is 11.9 Å². The number of ether oxygens (including phenoxy) is 2. The molecule has 0 fully saturated rings. The maximum Gasteiger partial charge on any atom is 0.309 e. The molecule has 0 spiro atoms. The number of hydrogen-bond acceptors (Lipinski definition) is 6. The van der Waals surface area contributed by atoms with Gasteiger partial charge in [0, 0.05) is 19.3 Å². The van der Waals surface area contributed by atoms with E-state index in [1.165, 1.54) is 0 Å². The Hall–Kier alpha value is -3.02. The maximum atomic E-state index is 12.5. The Morgan fingerprint density at radius 1 is 0.730 bits per heavy atom. The van der Waals surface area contributed by atoms with E-state index in [0.717, 1.165) is 33.4 Å². The summed E-state index contributed by atoms with van der Waals surface area (Å²) in [5.41, 5.74) is 4.68. The van der Waals surface area contributed by atoms with Gasteiger partial charge >= 0.3 is 11.9 Å². The Balaban J connectivity index is 1.94. The van der Waals surface area contributed by atoms with Gasteiger partial charge in [-0.05, 0) is 70.9 Å². The van der Waals surface area contributed by atoms with Crippen LogP contribution in [0.1, 0.15) is 101 Å². The van der Waals surface area contributed by atoms with Crippen molar-refractivity contribution in [2.24, 2.45) is 0 Å². The van der Waals surface area contributed by atoms with Gasteiger partial charge in [-0.1, -0.05) is 72.7 Å². The van der Waals surface area contributed by atoms with Crippen molar-refractivity contribution in [2.75, 3.05) is 0 Å². The number of aromatic hydroxyl groups is 2. The molecular formula is C31H44O6. The fraction of sp³-hybridized carbons (Fsp3) is 0.548. The van der Waals surface area contributed by atoms with Gasteiger partial charge in [-0.25, -0.2) is 0 Å². The summed E-state index contributed by atoms with van der Waals surface area (Å²) in [6.45, 7) is 17.7. The molecule has 0 aromatic heterocycles. The van der Waals surface area contributed by atoms with Crippen molar-refractivity contribution in [3.63, 3.8) is 0 Å². The molecule has 0 saturated heterocycles. The van der Waals surface area contributed by atoms with Crippen LogP contribution in [0.25, 0.3) is 0 Å². The molecule has 204 valence electrons. The molecule has 6 heteroatoms. The first-order valence-electron chi connectivity index (χ1n) is 13.1. The highest BCUT2D eigenvalue weighted by atomic mass is 16.7. The lowest BCUT2D eigenvalue weighted by atomic mass is 9.83. The second kappa shape index (κ2) is 12.0. The van der Waals surface area contributed by atoms with Gasteiger partial charge in [0.2, 0.25) is 6.29 Å². The van der Waals surface area contributed by atoms with Crippen LogP contribution < -0.4 is 0 Å². The van der Waals surface area contributed by atoms with Gasteiger partial charge in [-0.2, -0.15) is 0 Å². The van der Waals surface area contributed by atoms with Crippen LogP contribution in [0.4, 0.5) is 0 Å². The minimum atomic E-state index is -0.932. The zero-order valence-corrected chi connectivity index (χ0v) is 23.9. The van der Waals surface area contributed by atoms with E-state index in [1.54, 1.807) is 6.92 Å². The highest BCUT2D eigenvalue weighted by Gasteiger charge is 2.23. The van der Waals surface area contributed by atoms with Crippen LogP contribution in [0.3, 0.4) is 0 Å². The van der Waals surface area contributed by atoms with Crippen molar-refractivity contribution in [3.05, 3.63) is 57.6 Å². The van der Waals surface area contributed by atoms with Crippen LogP contribution >= 0.6 is 0 Å². The van der Waals surface area contributed by atoms with E-state index in [-0.39, 0.29) is 35.2 Å². The topological polar surface area (TPSA) is 93.1 Å². The third-order valence-electron chi connectivity index (χ3n) is 6.43. The number of carbonyl (C=O) groups is 2. The molecule has 0 radical (unpaired) electrons. The Bertz CT molecular complexity index is 1030. The molecule has 37 heavy (non-hydrogen) atoms. The van der Waals surface area contributed by atoms with Gasteiger partial charge < -0.3 is 19.7 Å². The van der Waals surface area contributed by atoms with Crippen LogP contribution in [-0.4, -0.2) is 28.4 Å². The number of phenolic OH excluding ortho intramolecular Hbond substituents is 2. The minimum Gasteiger partial charge on any atom is -0.507 e. The third kappa shape index (κ3) is 8.51. The van der Waals surface area contributed by atoms with Crippen molar-refractivity contribution in [3.8, 4) is 11.5 Å². The molecular weight excluding hydrogens is 468 g/mol. The first-order valence-corrected chi connectivity index (χ1v) is 13.1. The fourth-order valence-corrected chi connectivity index (χ4v) is 4.24. The summed E-state index contributed by atoms with van der Waals surface area (Å²) in [4.78, 5) is 25.0. The van der Waals surface area contributed by atoms with Gasteiger partial charge in [0.05, 0.1) is 0 Å². The summed E-state index contributed by atoms with van der Waals surface area (Å²) in [5, 5.41) is 20.8. The monoisotopic (exact) mass is 512 g/mol. The molecule has 2 aromatic rings. The average Bonchev–Trinajstić information content (AvgIpc) is 2.78. The van der Waals surface area contributed by atoms with Crippen LogP contribution in [0.2, 0.25) is 0 Å². The standard InChI is InChI=1S/C31H44O6/c1-10-27(36-25(32)13-11-21-15-19(2)28(34)23(17-21)30(4,5)6)37-26(33)14-12-22-16-20(3)29(35)24(18-22)31(7,8)9/h15-18,27,34-35H,10-14H2,1-9H3. The normalized spacial score (nSPS) is 12.1. The smallest absolute Gasteiger partial charge is 0.309 e. The third-order valence-corrected chi connectivity index (χ3v) is 6.43. The molecule has 0 unspecified atom stereocenters. The number of aryl methyl sites for hydroxylation is 4. The molecule has 0 aliphatic carbocycles. The molecule has 0 atom stereocenters. The van der Waals surface area contributed by atoms with Crippen LogP contribution in [-0.2, 0) is 42.7 Å². The van der Waals surface area contributed by atoms with Crippen LogP contribution in [0, 0.1) is 13.8 Å². The van der Waals surface area contributed by atoms with Gasteiger partial charge in [0.25, 0.3) is 0 Å². The summed E-state index contributed by atoms with van der Waals surface area (Å²) >= 11 is 0. The number of hydrogen-bond donors (Lipinski definition) is 2. The quantitative estimate of drug-likeness (QED) is 0.287. The Labute approximate surface area is 222 Å². The molecule has 2 aromatic carbocycles. The van der Waals surface area contributed by atoms with E-state index in [9.17, 15) is 19.8 Å². The van der Waals surface area contributed by atoms with E-state index in [2.05, 4.69) is 0 Å². The van der Waals surface area contributed by atoms with E-state index < -0.39 is 18.2 Å². The van der Waals surface area contributed by atoms with E-state index in [4.69, 9.17) is 9.47 Å². The first-order chi connectivity index (χ1) is 17.0. The number of esters is 2. The van der Waals surface area contributed by atoms with E-state index in [0.29, 0.717) is 19.3 Å². The minimum absolute atomic E-state index is 0.143. The highest BCUT2D eigenvalue weighted by molar-refractivity contribution is 5.72. The van der Waals surface area contributed by atoms with Gasteiger partial charge in [0.1, 0.15) is 11.5 Å². The number of carbonyl (C=O) groups excluding carboxylic acids is 2. The van der Waals surface area contributed by atoms with Gasteiger partial charge in [-0.15, -0.1) is 0 Å². The SMILES string of the molecule is CCC(OC(=O)CCc1cc(C)c(O)c(C(C)(C)C)c1)OC(=O)CCc1cc(C)c(O)c(C(C)(C)C)c1. The van der Waals surface area contributed by atoms with Crippen molar-refractivity contribution < 1.29 is 29.3 Å². The molecule has 0 aliphatic heterocycles. The summed E-state index contributed by atoms with van der Waals surface area (Å²) in [5.74, 6) is -0.305. The zero-order valence-electron chi connectivity index (χ0n) is 23.9. The first kappa shape index (κ1) is 30.2. The number of benzene rings is 2. The van der Waals surface area contributed by atoms with E-state index >= 15 is 0 Å². The molecule has 0 aliphatic rings. The lowest BCUT2D eigenvalue weighted by molar-refractivity contribution is -0.188. The maximum absolute atomic E-state index is 12.5. The largest absolute Gasteiger partial charge is 0.507 e. The second-order valence-electron chi connectivity index (χ2n) is 11.9. The summed E-state index contributed by atoms with van der Waals surface area (Å²) in [6.07, 6.45) is 0.636. The Morgan fingerprint density at radius 2 is 1.08 bits per heavy atom. The van der Waals surface area contributed by atoms with Crippen molar-refractivity contribution in [2.45, 2.75) is 112 Å². The molecule has 2 N–H and O–H groups in total. The molecule has 0 bridgehead atoms. The highest BCUT2D eigenvalue weighted by Crippen LogP contribution is 2.35.